The van der Waals surface area contributed by atoms with Crippen molar-refractivity contribution in [2.24, 2.45) is 11.7 Å². The van der Waals surface area contributed by atoms with Gasteiger partial charge in [0, 0.05) is 18.0 Å². The first-order valence-corrected chi connectivity index (χ1v) is 4.75. The summed E-state index contributed by atoms with van der Waals surface area (Å²) in [5.41, 5.74) is 5.58. The first kappa shape index (κ1) is 9.52. The first-order valence-electron chi connectivity index (χ1n) is 4.75. The van der Waals surface area contributed by atoms with Crippen LogP contribution in [0.1, 0.15) is 33.1 Å². The Morgan fingerprint density at radius 1 is 1.58 bits per heavy atom. The summed E-state index contributed by atoms with van der Waals surface area (Å²) in [5, 5.41) is 2.94. The summed E-state index contributed by atoms with van der Waals surface area (Å²) >= 11 is 0. The van der Waals surface area contributed by atoms with E-state index >= 15 is 0 Å². The number of hydrogen-bond acceptors (Lipinski definition) is 2. The number of carbonyl (C=O) groups is 1. The minimum atomic E-state index is 0.179. The van der Waals surface area contributed by atoms with E-state index in [1.54, 1.807) is 0 Å². The van der Waals surface area contributed by atoms with Gasteiger partial charge in [0.2, 0.25) is 5.91 Å². The number of nitrogens with two attached hydrogens (primary N) is 1. The second-order valence-corrected chi connectivity index (χ2v) is 3.53. The second kappa shape index (κ2) is 3.90. The van der Waals surface area contributed by atoms with Crippen LogP contribution in [-0.4, -0.2) is 18.0 Å². The maximum atomic E-state index is 11.4. The third-order valence-corrected chi connectivity index (χ3v) is 2.52. The molecule has 2 atom stereocenters. The molecule has 1 aliphatic rings. The predicted molar refractivity (Wildman–Crippen MR) is 48.6 cm³/mol. The van der Waals surface area contributed by atoms with Crippen molar-refractivity contribution in [3.8, 4) is 0 Å². The SMILES string of the molecule is CCC(CC)C(=O)NC1CC1N. The third kappa shape index (κ3) is 2.21. The molecular weight excluding hydrogens is 152 g/mol. The zero-order chi connectivity index (χ0) is 9.14. The number of carbonyl (C=O) groups excluding carboxylic acids is 1. The van der Waals surface area contributed by atoms with Gasteiger partial charge >= 0.3 is 0 Å². The van der Waals surface area contributed by atoms with Crippen molar-refractivity contribution in [2.45, 2.75) is 45.2 Å². The summed E-state index contributed by atoms with van der Waals surface area (Å²) in [5.74, 6) is 0.357. The van der Waals surface area contributed by atoms with Gasteiger partial charge in [0.15, 0.2) is 0 Å². The van der Waals surface area contributed by atoms with Crippen LogP contribution in [0, 0.1) is 5.92 Å². The fourth-order valence-corrected chi connectivity index (χ4v) is 1.34. The van der Waals surface area contributed by atoms with Gasteiger partial charge in [-0.2, -0.15) is 0 Å². The molecule has 1 rings (SSSR count). The molecule has 70 valence electrons. The molecule has 0 heterocycles. The van der Waals surface area contributed by atoms with Crippen LogP contribution < -0.4 is 11.1 Å². The topological polar surface area (TPSA) is 55.1 Å². The zero-order valence-corrected chi connectivity index (χ0v) is 7.84. The molecule has 1 amide bonds. The summed E-state index contributed by atoms with van der Waals surface area (Å²) in [6.45, 7) is 4.08. The quantitative estimate of drug-likeness (QED) is 0.650. The molecular formula is C9H18N2O. The maximum absolute atomic E-state index is 11.4. The average molecular weight is 170 g/mol. The summed E-state index contributed by atoms with van der Waals surface area (Å²) in [7, 11) is 0. The molecule has 2 unspecified atom stereocenters. The van der Waals surface area contributed by atoms with Gasteiger partial charge in [-0.15, -0.1) is 0 Å². The van der Waals surface area contributed by atoms with E-state index in [4.69, 9.17) is 5.73 Å². The molecule has 0 spiro atoms. The van der Waals surface area contributed by atoms with Crippen LogP contribution in [0.3, 0.4) is 0 Å². The second-order valence-electron chi connectivity index (χ2n) is 3.53. The monoisotopic (exact) mass is 170 g/mol. The molecule has 3 heteroatoms. The van der Waals surface area contributed by atoms with Crippen molar-refractivity contribution in [3.63, 3.8) is 0 Å². The van der Waals surface area contributed by atoms with Crippen LogP contribution in [0.25, 0.3) is 0 Å². The van der Waals surface area contributed by atoms with Crippen LogP contribution in [0.4, 0.5) is 0 Å². The highest BCUT2D eigenvalue weighted by Gasteiger charge is 2.35. The summed E-state index contributed by atoms with van der Waals surface area (Å²) < 4.78 is 0. The Hall–Kier alpha value is -0.570. The van der Waals surface area contributed by atoms with Gasteiger partial charge in [-0.25, -0.2) is 0 Å². The van der Waals surface area contributed by atoms with Gasteiger partial charge in [0.05, 0.1) is 0 Å². The predicted octanol–water partition coefficient (Wildman–Crippen LogP) is 0.638. The van der Waals surface area contributed by atoms with Crippen LogP contribution in [0.5, 0.6) is 0 Å². The van der Waals surface area contributed by atoms with Gasteiger partial charge in [-0.3, -0.25) is 4.79 Å². The van der Waals surface area contributed by atoms with E-state index < -0.39 is 0 Å². The Morgan fingerprint density at radius 2 is 2.08 bits per heavy atom. The van der Waals surface area contributed by atoms with Gasteiger partial charge in [-0.05, 0) is 19.3 Å². The first-order chi connectivity index (χ1) is 5.69. The van der Waals surface area contributed by atoms with E-state index in [9.17, 15) is 4.79 Å². The van der Waals surface area contributed by atoms with Crippen molar-refractivity contribution >= 4 is 5.91 Å². The average Bonchev–Trinajstić information content (AvgIpc) is 2.69. The lowest BCUT2D eigenvalue weighted by atomic mass is 10.0. The highest BCUT2D eigenvalue weighted by molar-refractivity contribution is 5.79. The Kier molecular flexibility index (Phi) is 3.09. The molecule has 3 nitrogen and oxygen atoms in total. The number of hydrogen-bond donors (Lipinski definition) is 2. The molecule has 1 saturated carbocycles. The Labute approximate surface area is 73.7 Å². The van der Waals surface area contributed by atoms with E-state index in [-0.39, 0.29) is 23.9 Å². The molecule has 1 aliphatic carbocycles. The van der Waals surface area contributed by atoms with Crippen molar-refractivity contribution in [1.82, 2.24) is 5.32 Å². The molecule has 0 aromatic rings. The maximum Gasteiger partial charge on any atom is 0.223 e. The summed E-state index contributed by atoms with van der Waals surface area (Å²) in [4.78, 5) is 11.4. The van der Waals surface area contributed by atoms with Crippen molar-refractivity contribution in [3.05, 3.63) is 0 Å². The minimum Gasteiger partial charge on any atom is -0.352 e. The standard InChI is InChI=1S/C9H18N2O/c1-3-6(4-2)9(12)11-8-5-7(8)10/h6-8H,3-5,10H2,1-2H3,(H,11,12). The molecule has 0 aromatic heterocycles. The van der Waals surface area contributed by atoms with Crippen LogP contribution in [0.2, 0.25) is 0 Å². The van der Waals surface area contributed by atoms with Gasteiger partial charge < -0.3 is 11.1 Å². The van der Waals surface area contributed by atoms with Crippen molar-refractivity contribution in [2.75, 3.05) is 0 Å². The number of amides is 1. The molecule has 0 radical (unpaired) electrons. The lowest BCUT2D eigenvalue weighted by molar-refractivity contribution is -0.125. The number of rotatable bonds is 4. The molecule has 1 fully saturated rings. The van der Waals surface area contributed by atoms with E-state index in [1.807, 2.05) is 13.8 Å². The van der Waals surface area contributed by atoms with Gasteiger partial charge in [0.1, 0.15) is 0 Å². The van der Waals surface area contributed by atoms with Crippen molar-refractivity contribution < 1.29 is 4.79 Å². The Balaban J connectivity index is 2.26. The van der Waals surface area contributed by atoms with Crippen LogP contribution in [-0.2, 0) is 4.79 Å². The third-order valence-electron chi connectivity index (χ3n) is 2.52. The normalized spacial score (nSPS) is 27.3. The minimum absolute atomic E-state index is 0.179. The van der Waals surface area contributed by atoms with Crippen LogP contribution >= 0.6 is 0 Å². The largest absolute Gasteiger partial charge is 0.352 e. The summed E-state index contributed by atoms with van der Waals surface area (Å²) in [6, 6.07) is 0.474. The van der Waals surface area contributed by atoms with E-state index in [0.717, 1.165) is 19.3 Å². The summed E-state index contributed by atoms with van der Waals surface area (Å²) in [6.07, 6.45) is 2.79. The number of nitrogens with one attached hydrogen (secondary N) is 1. The van der Waals surface area contributed by atoms with E-state index in [2.05, 4.69) is 5.32 Å². The molecule has 0 aliphatic heterocycles. The molecule has 0 saturated heterocycles. The Bertz CT molecular complexity index is 166. The fourth-order valence-electron chi connectivity index (χ4n) is 1.34. The zero-order valence-electron chi connectivity index (χ0n) is 7.84. The van der Waals surface area contributed by atoms with Gasteiger partial charge in [0.25, 0.3) is 0 Å². The lowest BCUT2D eigenvalue weighted by Crippen LogP contribution is -2.34. The highest BCUT2D eigenvalue weighted by Crippen LogP contribution is 2.19. The van der Waals surface area contributed by atoms with Crippen LogP contribution in [0.15, 0.2) is 0 Å². The fraction of sp³-hybridized carbons (Fsp3) is 0.889. The highest BCUT2D eigenvalue weighted by atomic mass is 16.2. The lowest BCUT2D eigenvalue weighted by Gasteiger charge is -2.11. The van der Waals surface area contributed by atoms with E-state index in [0.29, 0.717) is 0 Å². The van der Waals surface area contributed by atoms with Crippen molar-refractivity contribution in [1.29, 1.82) is 0 Å². The molecule has 0 aromatic carbocycles. The van der Waals surface area contributed by atoms with E-state index in [1.165, 1.54) is 0 Å². The molecule has 12 heavy (non-hydrogen) atoms. The Morgan fingerprint density at radius 3 is 2.42 bits per heavy atom. The molecule has 0 bridgehead atoms. The molecule has 3 N–H and O–H groups in total. The van der Waals surface area contributed by atoms with Gasteiger partial charge in [-0.1, -0.05) is 13.8 Å². The smallest absolute Gasteiger partial charge is 0.223 e.